The number of ether oxygens (including phenoxy) is 3. The minimum Gasteiger partial charge on any atom is -0.497 e. The van der Waals surface area contributed by atoms with E-state index in [1.54, 1.807) is 14.0 Å². The summed E-state index contributed by atoms with van der Waals surface area (Å²) in [5.41, 5.74) is 1.65. The number of benzene rings is 2. The first-order valence-corrected chi connectivity index (χ1v) is 9.75. The first kappa shape index (κ1) is 20.1. The highest BCUT2D eigenvalue weighted by Crippen LogP contribution is 2.41. The molecule has 5 heteroatoms. The molecule has 1 aliphatic rings. The van der Waals surface area contributed by atoms with Crippen molar-refractivity contribution in [2.75, 3.05) is 7.11 Å². The first-order valence-electron chi connectivity index (χ1n) is 9.75. The van der Waals surface area contributed by atoms with Gasteiger partial charge in [0.15, 0.2) is 6.10 Å². The van der Waals surface area contributed by atoms with Gasteiger partial charge >= 0.3 is 0 Å². The van der Waals surface area contributed by atoms with Gasteiger partial charge in [-0.25, -0.2) is 0 Å². The number of carbonyl (C=O) groups excluding carboxylic acids is 1. The van der Waals surface area contributed by atoms with Gasteiger partial charge in [0.05, 0.1) is 13.2 Å². The number of methoxy groups -OCH3 is 1. The van der Waals surface area contributed by atoms with E-state index in [0.717, 1.165) is 34.8 Å². The molecule has 0 radical (unpaired) electrons. The summed E-state index contributed by atoms with van der Waals surface area (Å²) >= 11 is 0. The zero-order valence-electron chi connectivity index (χ0n) is 17.2. The topological polar surface area (TPSA) is 56.8 Å². The van der Waals surface area contributed by atoms with Gasteiger partial charge < -0.3 is 19.5 Å². The fourth-order valence-electron chi connectivity index (χ4n) is 3.53. The van der Waals surface area contributed by atoms with Crippen LogP contribution in [0.3, 0.4) is 0 Å². The number of nitrogens with one attached hydrogen (secondary N) is 1. The molecule has 2 atom stereocenters. The third kappa shape index (κ3) is 4.41. The molecule has 0 spiro atoms. The highest BCUT2D eigenvalue weighted by Gasteiger charge is 2.35. The maximum Gasteiger partial charge on any atom is 0.261 e. The van der Waals surface area contributed by atoms with Gasteiger partial charge in [0, 0.05) is 18.1 Å². The third-order valence-electron chi connectivity index (χ3n) is 5.02. The Labute approximate surface area is 167 Å². The van der Waals surface area contributed by atoms with E-state index in [1.807, 2.05) is 56.3 Å². The highest BCUT2D eigenvalue weighted by atomic mass is 16.5. The van der Waals surface area contributed by atoms with E-state index in [2.05, 4.69) is 12.2 Å². The van der Waals surface area contributed by atoms with Crippen LogP contribution in [0, 0.1) is 0 Å². The molecule has 5 nitrogen and oxygen atoms in total. The van der Waals surface area contributed by atoms with E-state index in [1.165, 1.54) is 0 Å². The van der Waals surface area contributed by atoms with Crippen molar-refractivity contribution in [2.24, 2.45) is 0 Å². The van der Waals surface area contributed by atoms with Gasteiger partial charge in [0.2, 0.25) is 0 Å². The first-order chi connectivity index (χ1) is 13.3. The molecule has 0 unspecified atom stereocenters. The Hall–Kier alpha value is -2.69. The summed E-state index contributed by atoms with van der Waals surface area (Å²) < 4.78 is 17.4. The molecule has 1 amide bonds. The number of carbonyl (C=O) groups is 1. The van der Waals surface area contributed by atoms with E-state index >= 15 is 0 Å². The molecule has 1 aliphatic heterocycles. The van der Waals surface area contributed by atoms with Gasteiger partial charge in [0.25, 0.3) is 5.91 Å². The van der Waals surface area contributed by atoms with Crippen molar-refractivity contribution in [3.63, 3.8) is 0 Å². The number of para-hydroxylation sites is 1. The predicted molar refractivity (Wildman–Crippen MR) is 109 cm³/mol. The van der Waals surface area contributed by atoms with E-state index in [9.17, 15) is 4.79 Å². The van der Waals surface area contributed by atoms with Crippen molar-refractivity contribution in [1.82, 2.24) is 5.32 Å². The molecule has 28 heavy (non-hydrogen) atoms. The lowest BCUT2D eigenvalue weighted by molar-refractivity contribution is -0.128. The second-order valence-corrected chi connectivity index (χ2v) is 7.75. The molecule has 150 valence electrons. The SMILES string of the molecule is CCc1ccccc1O[C@@H](C)C(=O)N[C@H]1CC(C)(C)Oc2cc(OC)ccc21. The van der Waals surface area contributed by atoms with Crippen LogP contribution >= 0.6 is 0 Å². The van der Waals surface area contributed by atoms with Crippen LogP contribution in [0.4, 0.5) is 0 Å². The number of aryl methyl sites for hydroxylation is 1. The quantitative estimate of drug-likeness (QED) is 0.801. The summed E-state index contributed by atoms with van der Waals surface area (Å²) in [5, 5.41) is 3.14. The Morgan fingerprint density at radius 2 is 2.04 bits per heavy atom. The molecule has 0 aliphatic carbocycles. The smallest absolute Gasteiger partial charge is 0.261 e. The zero-order chi connectivity index (χ0) is 20.3. The number of amides is 1. The van der Waals surface area contributed by atoms with Crippen molar-refractivity contribution in [3.8, 4) is 17.2 Å². The van der Waals surface area contributed by atoms with Gasteiger partial charge in [-0.2, -0.15) is 0 Å². The fraction of sp³-hybridized carbons (Fsp3) is 0.435. The number of hydrogen-bond acceptors (Lipinski definition) is 4. The van der Waals surface area contributed by atoms with E-state index < -0.39 is 11.7 Å². The molecular weight excluding hydrogens is 354 g/mol. The summed E-state index contributed by atoms with van der Waals surface area (Å²) in [6.45, 7) is 7.89. The van der Waals surface area contributed by atoms with Crippen molar-refractivity contribution in [3.05, 3.63) is 53.6 Å². The zero-order valence-corrected chi connectivity index (χ0v) is 17.2. The average molecular weight is 383 g/mol. The van der Waals surface area contributed by atoms with Gasteiger partial charge in [0.1, 0.15) is 22.8 Å². The Kier molecular flexibility index (Phi) is 5.82. The lowest BCUT2D eigenvalue weighted by Crippen LogP contribution is -2.44. The minimum absolute atomic E-state index is 0.143. The summed E-state index contributed by atoms with van der Waals surface area (Å²) in [4.78, 5) is 12.9. The van der Waals surface area contributed by atoms with E-state index in [4.69, 9.17) is 14.2 Å². The molecule has 1 N–H and O–H groups in total. The average Bonchev–Trinajstić information content (AvgIpc) is 2.66. The van der Waals surface area contributed by atoms with Crippen LogP contribution in [0.1, 0.15) is 51.3 Å². The summed E-state index contributed by atoms with van der Waals surface area (Å²) in [6.07, 6.45) is 0.935. The third-order valence-corrected chi connectivity index (χ3v) is 5.02. The molecule has 0 bridgehead atoms. The van der Waals surface area contributed by atoms with E-state index in [0.29, 0.717) is 6.42 Å². The second kappa shape index (κ2) is 8.13. The maximum atomic E-state index is 12.9. The lowest BCUT2D eigenvalue weighted by atomic mass is 9.89. The van der Waals surface area contributed by atoms with Crippen LogP contribution in [0.5, 0.6) is 17.2 Å². The molecule has 3 rings (SSSR count). The number of hydrogen-bond donors (Lipinski definition) is 1. The van der Waals surface area contributed by atoms with Crippen LogP contribution < -0.4 is 19.5 Å². The van der Waals surface area contributed by atoms with Gasteiger partial charge in [-0.15, -0.1) is 0 Å². The maximum absolute atomic E-state index is 12.9. The van der Waals surface area contributed by atoms with Crippen LogP contribution in [-0.4, -0.2) is 24.7 Å². The van der Waals surface area contributed by atoms with Crippen molar-refractivity contribution < 1.29 is 19.0 Å². The molecule has 0 saturated heterocycles. The van der Waals surface area contributed by atoms with E-state index in [-0.39, 0.29) is 11.9 Å². The molecule has 1 heterocycles. The van der Waals surface area contributed by atoms with Crippen molar-refractivity contribution in [2.45, 2.75) is 58.3 Å². The summed E-state index contributed by atoms with van der Waals surface area (Å²) in [6, 6.07) is 13.4. The Balaban J connectivity index is 1.76. The molecule has 2 aromatic carbocycles. The molecule has 2 aromatic rings. The molecule has 0 saturated carbocycles. The van der Waals surface area contributed by atoms with Gasteiger partial charge in [-0.05, 0) is 51.0 Å². The number of rotatable bonds is 6. The highest BCUT2D eigenvalue weighted by molar-refractivity contribution is 5.81. The van der Waals surface area contributed by atoms with Crippen molar-refractivity contribution in [1.29, 1.82) is 0 Å². The standard InChI is InChI=1S/C23H29NO4/c1-6-16-9-7-8-10-20(16)27-15(2)22(25)24-19-14-23(3,4)28-21-13-17(26-5)11-12-18(19)21/h7-13,15,19H,6,14H2,1-5H3,(H,24,25)/t15-,19-/m0/s1. The summed E-state index contributed by atoms with van der Waals surface area (Å²) in [5.74, 6) is 2.08. The van der Waals surface area contributed by atoms with Crippen LogP contribution in [0.25, 0.3) is 0 Å². The Morgan fingerprint density at radius 1 is 1.29 bits per heavy atom. The number of fused-ring (bicyclic) bond motifs is 1. The predicted octanol–water partition coefficient (Wildman–Crippen LogP) is 4.44. The monoisotopic (exact) mass is 383 g/mol. The van der Waals surface area contributed by atoms with Crippen LogP contribution in [0.15, 0.2) is 42.5 Å². The van der Waals surface area contributed by atoms with Gasteiger partial charge in [-0.3, -0.25) is 4.79 Å². The largest absolute Gasteiger partial charge is 0.497 e. The summed E-state index contributed by atoms with van der Waals surface area (Å²) in [7, 11) is 1.63. The minimum atomic E-state index is -0.597. The second-order valence-electron chi connectivity index (χ2n) is 7.75. The lowest BCUT2D eigenvalue weighted by Gasteiger charge is -2.38. The fourth-order valence-corrected chi connectivity index (χ4v) is 3.53. The van der Waals surface area contributed by atoms with Crippen LogP contribution in [0.2, 0.25) is 0 Å². The van der Waals surface area contributed by atoms with Crippen molar-refractivity contribution >= 4 is 5.91 Å². The molecule has 0 fully saturated rings. The van der Waals surface area contributed by atoms with Crippen LogP contribution in [-0.2, 0) is 11.2 Å². The van der Waals surface area contributed by atoms with Gasteiger partial charge in [-0.1, -0.05) is 25.1 Å². The Morgan fingerprint density at radius 3 is 2.75 bits per heavy atom. The Bertz CT molecular complexity index is 846. The molecule has 0 aromatic heterocycles. The normalized spacial score (nSPS) is 18.4. The molecular formula is C23H29NO4.